The summed E-state index contributed by atoms with van der Waals surface area (Å²) >= 11 is 0. The largest absolute Gasteiger partial charge is 0.385 e. The number of aromatic nitrogens is 1. The Bertz CT molecular complexity index is 522. The van der Waals surface area contributed by atoms with Gasteiger partial charge in [-0.25, -0.2) is 0 Å². The summed E-state index contributed by atoms with van der Waals surface area (Å²) in [5.41, 5.74) is 0.984. The van der Waals surface area contributed by atoms with Crippen LogP contribution >= 0.6 is 0 Å². The smallest absolute Gasteiger partial charge is 0.194 e. The summed E-state index contributed by atoms with van der Waals surface area (Å²) < 4.78 is 16.3. The second-order valence-corrected chi connectivity index (χ2v) is 6.68. The van der Waals surface area contributed by atoms with Crippen LogP contribution in [0.25, 0.3) is 0 Å². The summed E-state index contributed by atoms with van der Waals surface area (Å²) in [6.45, 7) is 8.24. The van der Waals surface area contributed by atoms with Gasteiger partial charge in [-0.3, -0.25) is 4.99 Å². The molecule has 1 saturated heterocycles. The molecule has 0 atom stereocenters. The molecule has 0 amide bonds. The van der Waals surface area contributed by atoms with Crippen molar-refractivity contribution in [1.29, 1.82) is 0 Å². The minimum Gasteiger partial charge on any atom is -0.385 e. The van der Waals surface area contributed by atoms with Crippen LogP contribution in [0.5, 0.6) is 0 Å². The average Bonchev–Trinajstić information content (AvgIpc) is 3.10. The van der Waals surface area contributed by atoms with E-state index in [4.69, 9.17) is 14.0 Å². The lowest BCUT2D eigenvalue weighted by molar-refractivity contribution is 0.00988. The van der Waals surface area contributed by atoms with Crippen LogP contribution in [0.4, 0.5) is 0 Å². The van der Waals surface area contributed by atoms with E-state index in [1.807, 2.05) is 13.1 Å². The topological polar surface area (TPSA) is 72.1 Å². The van der Waals surface area contributed by atoms with E-state index in [0.717, 1.165) is 63.0 Å². The summed E-state index contributed by atoms with van der Waals surface area (Å²) in [5.74, 6) is 2.11. The molecule has 1 fully saturated rings. The summed E-state index contributed by atoms with van der Waals surface area (Å²) in [7, 11) is 3.54. The van der Waals surface area contributed by atoms with Crippen molar-refractivity contribution >= 4 is 5.96 Å². The highest BCUT2D eigenvalue weighted by Gasteiger charge is 2.22. The van der Waals surface area contributed by atoms with E-state index in [-0.39, 0.29) is 0 Å². The Kier molecular flexibility index (Phi) is 8.21. The third-order valence-electron chi connectivity index (χ3n) is 4.39. The van der Waals surface area contributed by atoms with Gasteiger partial charge in [-0.1, -0.05) is 19.0 Å². The number of methoxy groups -OCH3 is 1. The molecule has 2 rings (SSSR count). The van der Waals surface area contributed by atoms with Gasteiger partial charge in [0.25, 0.3) is 0 Å². The van der Waals surface area contributed by atoms with Gasteiger partial charge in [-0.15, -0.1) is 0 Å². The molecule has 2 heterocycles. The average molecular weight is 352 g/mol. The Hall–Kier alpha value is -1.60. The number of aliphatic imine (C=N–C) groups is 1. The molecular formula is C18H32N4O3. The van der Waals surface area contributed by atoms with Gasteiger partial charge in [-0.05, 0) is 25.2 Å². The molecule has 0 spiro atoms. The van der Waals surface area contributed by atoms with Gasteiger partial charge in [0.15, 0.2) is 11.7 Å². The van der Waals surface area contributed by atoms with Crippen LogP contribution in [0.2, 0.25) is 0 Å². The Labute approximate surface area is 150 Å². The molecule has 0 radical (unpaired) electrons. The molecule has 1 aliphatic rings. The van der Waals surface area contributed by atoms with E-state index in [0.29, 0.717) is 18.6 Å². The van der Waals surface area contributed by atoms with Crippen LogP contribution in [0.15, 0.2) is 15.6 Å². The molecule has 1 aromatic heterocycles. The Morgan fingerprint density at radius 3 is 2.76 bits per heavy atom. The summed E-state index contributed by atoms with van der Waals surface area (Å²) in [6, 6.07) is 2.00. The summed E-state index contributed by atoms with van der Waals surface area (Å²) in [5, 5.41) is 7.46. The first kappa shape index (κ1) is 19.7. The SMILES string of the molecule is CN=C(NCc1cc(C(C)C)no1)N1CCC(OCCCOC)CC1. The van der Waals surface area contributed by atoms with Gasteiger partial charge >= 0.3 is 0 Å². The normalized spacial score (nSPS) is 16.7. The second-order valence-electron chi connectivity index (χ2n) is 6.68. The van der Waals surface area contributed by atoms with E-state index in [2.05, 4.69) is 34.2 Å². The van der Waals surface area contributed by atoms with Crippen molar-refractivity contribution in [2.24, 2.45) is 4.99 Å². The lowest BCUT2D eigenvalue weighted by Gasteiger charge is -2.34. The third kappa shape index (κ3) is 6.32. The summed E-state index contributed by atoms with van der Waals surface area (Å²) in [4.78, 5) is 6.66. The first-order valence-electron chi connectivity index (χ1n) is 9.15. The molecule has 1 N–H and O–H groups in total. The van der Waals surface area contributed by atoms with Gasteiger partial charge in [-0.2, -0.15) is 0 Å². The molecule has 1 aliphatic heterocycles. The molecule has 142 valence electrons. The van der Waals surface area contributed by atoms with Crippen molar-refractivity contribution < 1.29 is 14.0 Å². The highest BCUT2D eigenvalue weighted by Crippen LogP contribution is 2.16. The lowest BCUT2D eigenvalue weighted by Crippen LogP contribution is -2.46. The number of nitrogens with zero attached hydrogens (tertiary/aromatic N) is 3. The minimum absolute atomic E-state index is 0.342. The van der Waals surface area contributed by atoms with Crippen molar-refractivity contribution in [3.63, 3.8) is 0 Å². The van der Waals surface area contributed by atoms with Gasteiger partial charge in [0, 0.05) is 46.5 Å². The monoisotopic (exact) mass is 352 g/mol. The fourth-order valence-electron chi connectivity index (χ4n) is 2.87. The number of rotatable bonds is 8. The molecule has 1 aromatic rings. The quantitative estimate of drug-likeness (QED) is 0.440. The zero-order valence-electron chi connectivity index (χ0n) is 16.0. The number of ether oxygens (including phenoxy) is 2. The molecule has 0 aliphatic carbocycles. The summed E-state index contributed by atoms with van der Waals surface area (Å²) in [6.07, 6.45) is 3.34. The first-order chi connectivity index (χ1) is 12.1. The Morgan fingerprint density at radius 2 is 2.16 bits per heavy atom. The second kappa shape index (κ2) is 10.4. The van der Waals surface area contributed by atoms with E-state index >= 15 is 0 Å². The van der Waals surface area contributed by atoms with Crippen LogP contribution in [0.1, 0.15) is 50.5 Å². The molecule has 0 aromatic carbocycles. The van der Waals surface area contributed by atoms with Crippen molar-refractivity contribution in [2.75, 3.05) is 40.5 Å². The first-order valence-corrected chi connectivity index (χ1v) is 9.15. The number of nitrogens with one attached hydrogen (secondary N) is 1. The van der Waals surface area contributed by atoms with Crippen LogP contribution < -0.4 is 5.32 Å². The van der Waals surface area contributed by atoms with Crippen LogP contribution in [-0.4, -0.2) is 62.6 Å². The van der Waals surface area contributed by atoms with Crippen LogP contribution in [-0.2, 0) is 16.0 Å². The Balaban J connectivity index is 1.72. The van der Waals surface area contributed by atoms with Crippen molar-refractivity contribution in [3.8, 4) is 0 Å². The number of guanidine groups is 1. The highest BCUT2D eigenvalue weighted by atomic mass is 16.5. The minimum atomic E-state index is 0.342. The third-order valence-corrected chi connectivity index (χ3v) is 4.39. The maximum absolute atomic E-state index is 5.91. The number of hydrogen-bond acceptors (Lipinski definition) is 5. The van der Waals surface area contributed by atoms with Crippen LogP contribution in [0, 0.1) is 0 Å². The van der Waals surface area contributed by atoms with Gasteiger partial charge < -0.3 is 24.2 Å². The van der Waals surface area contributed by atoms with E-state index in [9.17, 15) is 0 Å². The molecule has 0 bridgehead atoms. The Morgan fingerprint density at radius 1 is 1.40 bits per heavy atom. The van der Waals surface area contributed by atoms with E-state index in [1.54, 1.807) is 7.11 Å². The fourth-order valence-corrected chi connectivity index (χ4v) is 2.87. The zero-order valence-corrected chi connectivity index (χ0v) is 16.0. The molecular weight excluding hydrogens is 320 g/mol. The van der Waals surface area contributed by atoms with Gasteiger partial charge in [0.1, 0.15) is 0 Å². The van der Waals surface area contributed by atoms with Crippen LogP contribution in [0.3, 0.4) is 0 Å². The van der Waals surface area contributed by atoms with Crippen molar-refractivity contribution in [1.82, 2.24) is 15.4 Å². The molecule has 7 nitrogen and oxygen atoms in total. The van der Waals surface area contributed by atoms with Gasteiger partial charge in [0.05, 0.1) is 18.3 Å². The van der Waals surface area contributed by atoms with E-state index < -0.39 is 0 Å². The van der Waals surface area contributed by atoms with Crippen molar-refractivity contribution in [2.45, 2.75) is 51.7 Å². The van der Waals surface area contributed by atoms with Crippen molar-refractivity contribution in [3.05, 3.63) is 17.5 Å². The molecule has 0 unspecified atom stereocenters. The maximum Gasteiger partial charge on any atom is 0.194 e. The fraction of sp³-hybridized carbons (Fsp3) is 0.778. The maximum atomic E-state index is 5.91. The lowest BCUT2D eigenvalue weighted by atomic mass is 10.1. The molecule has 25 heavy (non-hydrogen) atoms. The standard InChI is InChI=1S/C18H32N4O3/c1-14(2)17-12-16(25-21-17)13-20-18(19-3)22-8-6-15(7-9-22)24-11-5-10-23-4/h12,14-15H,5-11,13H2,1-4H3,(H,19,20). The van der Waals surface area contributed by atoms with Gasteiger partial charge in [0.2, 0.25) is 0 Å². The molecule has 0 saturated carbocycles. The highest BCUT2D eigenvalue weighted by molar-refractivity contribution is 5.79. The number of likely N-dealkylation sites (tertiary alicyclic amines) is 1. The molecule has 7 heteroatoms. The number of hydrogen-bond donors (Lipinski definition) is 1. The zero-order chi connectivity index (χ0) is 18.1. The predicted molar refractivity (Wildman–Crippen MR) is 97.8 cm³/mol. The predicted octanol–water partition coefficient (Wildman–Crippen LogP) is 2.39. The number of piperidine rings is 1. The van der Waals surface area contributed by atoms with E-state index in [1.165, 1.54) is 0 Å².